The van der Waals surface area contributed by atoms with Crippen molar-refractivity contribution in [1.82, 2.24) is 4.90 Å². The number of ether oxygens (including phenoxy) is 1. The highest BCUT2D eigenvalue weighted by atomic mass is 16.5. The van der Waals surface area contributed by atoms with Crippen molar-refractivity contribution in [3.8, 4) is 0 Å². The van der Waals surface area contributed by atoms with Crippen molar-refractivity contribution < 1.29 is 4.74 Å². The van der Waals surface area contributed by atoms with Gasteiger partial charge in [-0.25, -0.2) is 0 Å². The second kappa shape index (κ2) is 2.61. The summed E-state index contributed by atoms with van der Waals surface area (Å²) < 4.78 is 5.52. The molecule has 3 heterocycles. The number of hydrogen-bond donors (Lipinski definition) is 0. The topological polar surface area (TPSA) is 12.5 Å². The maximum atomic E-state index is 5.52. The maximum absolute atomic E-state index is 5.52. The zero-order valence-electron chi connectivity index (χ0n) is 7.05. The molecule has 2 heteroatoms. The van der Waals surface area contributed by atoms with Crippen LogP contribution < -0.4 is 0 Å². The molecule has 2 atom stereocenters. The van der Waals surface area contributed by atoms with E-state index in [-0.39, 0.29) is 0 Å². The second-order valence-corrected chi connectivity index (χ2v) is 3.77. The van der Waals surface area contributed by atoms with Crippen LogP contribution in [-0.4, -0.2) is 36.7 Å². The summed E-state index contributed by atoms with van der Waals surface area (Å²) >= 11 is 0. The average molecular weight is 153 g/mol. The molecule has 3 aliphatic heterocycles. The summed E-state index contributed by atoms with van der Waals surface area (Å²) in [6, 6.07) is 0. The molecule has 0 amide bonds. The Bertz CT molecular complexity index is 162. The van der Waals surface area contributed by atoms with Crippen LogP contribution in [0.15, 0.2) is 12.2 Å². The van der Waals surface area contributed by atoms with Gasteiger partial charge in [0.15, 0.2) is 0 Å². The molecule has 0 aromatic heterocycles. The van der Waals surface area contributed by atoms with E-state index in [4.69, 9.17) is 4.74 Å². The number of morpholine rings is 1. The number of rotatable bonds is 2. The van der Waals surface area contributed by atoms with Crippen LogP contribution in [0.25, 0.3) is 0 Å². The highest BCUT2D eigenvalue weighted by Crippen LogP contribution is 2.27. The van der Waals surface area contributed by atoms with Gasteiger partial charge in [0, 0.05) is 26.1 Å². The summed E-state index contributed by atoms with van der Waals surface area (Å²) in [6.07, 6.45) is 2.35. The number of nitrogens with zero attached hydrogens (tertiary/aromatic N) is 1. The third kappa shape index (κ3) is 1.47. The van der Waals surface area contributed by atoms with Crippen molar-refractivity contribution in [2.75, 3.05) is 19.6 Å². The Kier molecular flexibility index (Phi) is 1.74. The van der Waals surface area contributed by atoms with Gasteiger partial charge in [0.2, 0.25) is 0 Å². The minimum absolute atomic E-state index is 0.535. The molecule has 3 saturated heterocycles. The summed E-state index contributed by atoms with van der Waals surface area (Å²) in [5.74, 6) is 0. The lowest BCUT2D eigenvalue weighted by molar-refractivity contribution is -0.179. The molecular weight excluding hydrogens is 138 g/mol. The molecule has 3 rings (SSSR count). The minimum Gasteiger partial charge on any atom is -0.372 e. The van der Waals surface area contributed by atoms with Crippen molar-refractivity contribution in [2.45, 2.75) is 25.6 Å². The third-order valence-electron chi connectivity index (χ3n) is 2.33. The molecule has 62 valence electrons. The van der Waals surface area contributed by atoms with Crippen molar-refractivity contribution in [1.29, 1.82) is 0 Å². The molecule has 0 aromatic carbocycles. The second-order valence-electron chi connectivity index (χ2n) is 3.77. The summed E-state index contributed by atoms with van der Waals surface area (Å²) in [6.45, 7) is 9.27. The van der Waals surface area contributed by atoms with E-state index in [9.17, 15) is 0 Å². The smallest absolute Gasteiger partial charge is 0.0731 e. The molecule has 11 heavy (non-hydrogen) atoms. The van der Waals surface area contributed by atoms with Crippen LogP contribution in [0.1, 0.15) is 13.3 Å². The van der Waals surface area contributed by atoms with E-state index >= 15 is 0 Å². The molecule has 0 saturated carbocycles. The lowest BCUT2D eigenvalue weighted by Crippen LogP contribution is -2.57. The Hall–Kier alpha value is -0.340. The fourth-order valence-corrected chi connectivity index (χ4v) is 1.95. The Balaban J connectivity index is 1.83. The SMILES string of the molecule is C=C(C)CN1CC2CC(C1)O2. The lowest BCUT2D eigenvalue weighted by Gasteiger charge is -2.47. The fraction of sp³-hybridized carbons (Fsp3) is 0.778. The molecule has 2 unspecified atom stereocenters. The van der Waals surface area contributed by atoms with Crippen molar-refractivity contribution in [3.63, 3.8) is 0 Å². The Morgan fingerprint density at radius 3 is 2.55 bits per heavy atom. The van der Waals surface area contributed by atoms with E-state index in [0.29, 0.717) is 12.2 Å². The fourth-order valence-electron chi connectivity index (χ4n) is 1.95. The van der Waals surface area contributed by atoms with Crippen LogP contribution in [0.5, 0.6) is 0 Å². The summed E-state index contributed by atoms with van der Waals surface area (Å²) in [5.41, 5.74) is 1.26. The molecule has 0 spiro atoms. The highest BCUT2D eigenvalue weighted by Gasteiger charge is 2.37. The summed E-state index contributed by atoms with van der Waals surface area (Å²) in [7, 11) is 0. The average Bonchev–Trinajstić information content (AvgIpc) is 1.83. The normalized spacial score (nSPS) is 36.5. The third-order valence-corrected chi connectivity index (χ3v) is 2.33. The zero-order valence-corrected chi connectivity index (χ0v) is 7.05. The van der Waals surface area contributed by atoms with Crippen LogP contribution in [0.4, 0.5) is 0 Å². The largest absolute Gasteiger partial charge is 0.372 e. The van der Waals surface area contributed by atoms with E-state index in [1.807, 2.05) is 0 Å². The first-order chi connectivity index (χ1) is 5.24. The van der Waals surface area contributed by atoms with Crippen molar-refractivity contribution in [2.24, 2.45) is 0 Å². The molecule has 2 nitrogen and oxygen atoms in total. The Morgan fingerprint density at radius 2 is 2.09 bits per heavy atom. The molecule has 0 N–H and O–H groups in total. The predicted octanol–water partition coefficient (Wildman–Crippen LogP) is 1.04. The van der Waals surface area contributed by atoms with E-state index in [0.717, 1.165) is 19.6 Å². The first-order valence-electron chi connectivity index (χ1n) is 4.26. The van der Waals surface area contributed by atoms with Gasteiger partial charge in [0.25, 0.3) is 0 Å². The van der Waals surface area contributed by atoms with E-state index < -0.39 is 0 Å². The van der Waals surface area contributed by atoms with E-state index in [2.05, 4.69) is 18.4 Å². The standard InChI is InChI=1S/C9H15NO/c1-7(2)4-10-5-8-3-9(6-10)11-8/h8-9H,1,3-6H2,2H3. The molecule has 3 aliphatic rings. The van der Waals surface area contributed by atoms with Gasteiger partial charge in [-0.3, -0.25) is 4.90 Å². The van der Waals surface area contributed by atoms with Gasteiger partial charge in [0.1, 0.15) is 0 Å². The van der Waals surface area contributed by atoms with Crippen LogP contribution in [0.2, 0.25) is 0 Å². The van der Waals surface area contributed by atoms with Gasteiger partial charge in [-0.05, 0) is 6.92 Å². The van der Waals surface area contributed by atoms with Gasteiger partial charge in [-0.15, -0.1) is 0 Å². The first-order valence-corrected chi connectivity index (χ1v) is 4.26. The Labute approximate surface area is 67.8 Å². The molecule has 2 bridgehead atoms. The number of piperidine rings is 1. The molecule has 0 radical (unpaired) electrons. The van der Waals surface area contributed by atoms with E-state index in [1.54, 1.807) is 0 Å². The summed E-state index contributed by atoms with van der Waals surface area (Å²) in [5, 5.41) is 0. The molecule has 3 fully saturated rings. The van der Waals surface area contributed by atoms with Gasteiger partial charge < -0.3 is 4.74 Å². The number of fused-ring (bicyclic) bond motifs is 2. The molecule has 0 aromatic rings. The maximum Gasteiger partial charge on any atom is 0.0731 e. The van der Waals surface area contributed by atoms with Gasteiger partial charge in [0.05, 0.1) is 12.2 Å². The van der Waals surface area contributed by atoms with Crippen LogP contribution in [0.3, 0.4) is 0 Å². The summed E-state index contributed by atoms with van der Waals surface area (Å²) in [4.78, 5) is 2.44. The number of hydrogen-bond acceptors (Lipinski definition) is 2. The lowest BCUT2D eigenvalue weighted by atomic mass is 9.98. The van der Waals surface area contributed by atoms with Crippen LogP contribution in [0, 0.1) is 0 Å². The first kappa shape index (κ1) is 7.32. The Morgan fingerprint density at radius 1 is 1.55 bits per heavy atom. The van der Waals surface area contributed by atoms with Crippen molar-refractivity contribution in [3.05, 3.63) is 12.2 Å². The molecular formula is C9H15NO. The molecule has 0 aliphatic carbocycles. The zero-order chi connectivity index (χ0) is 7.84. The van der Waals surface area contributed by atoms with Gasteiger partial charge in [-0.2, -0.15) is 0 Å². The predicted molar refractivity (Wildman–Crippen MR) is 44.5 cm³/mol. The van der Waals surface area contributed by atoms with Crippen LogP contribution in [-0.2, 0) is 4.74 Å². The minimum atomic E-state index is 0.535. The van der Waals surface area contributed by atoms with E-state index in [1.165, 1.54) is 12.0 Å². The van der Waals surface area contributed by atoms with Gasteiger partial charge in [-0.1, -0.05) is 12.2 Å². The highest BCUT2D eigenvalue weighted by molar-refractivity contribution is 4.97. The monoisotopic (exact) mass is 153 g/mol. The quantitative estimate of drug-likeness (QED) is 0.549. The van der Waals surface area contributed by atoms with Gasteiger partial charge >= 0.3 is 0 Å². The van der Waals surface area contributed by atoms with Crippen molar-refractivity contribution >= 4 is 0 Å². The van der Waals surface area contributed by atoms with Crippen LogP contribution >= 0.6 is 0 Å².